The molecule has 5 rings (SSSR count). The monoisotopic (exact) mass is 1150 g/mol. The zero-order chi connectivity index (χ0) is 36.4. The van der Waals surface area contributed by atoms with E-state index in [2.05, 4.69) is 5.32 Å². The topological polar surface area (TPSA) is 218 Å². The predicted octanol–water partition coefficient (Wildman–Crippen LogP) is 1.21. The third-order valence-electron chi connectivity index (χ3n) is 12.3. The summed E-state index contributed by atoms with van der Waals surface area (Å²) < 4.78 is 22.7. The number of carbonyl (C=O) groups excluding carboxylic acids is 4. The number of hydrogen-bond donors (Lipinski definition) is 6. The molecule has 1 aliphatic heterocycles. The van der Waals surface area contributed by atoms with E-state index in [0.29, 0.717) is 0 Å². The summed E-state index contributed by atoms with van der Waals surface area (Å²) >= 11 is 0. The van der Waals surface area contributed by atoms with Gasteiger partial charge >= 0.3 is 18.0 Å². The van der Waals surface area contributed by atoms with Crippen LogP contribution in [0.25, 0.3) is 0 Å². The number of ketones is 1. The molecule has 0 aromatic heterocycles. The zero-order valence-electron chi connectivity index (χ0n) is 30.6. The Morgan fingerprint density at radius 3 is 2.12 bits per heavy atom. The molecule has 11 atom stereocenters. The summed E-state index contributed by atoms with van der Waals surface area (Å²) in [6.45, 7) is 10.3. The molecule has 5 aliphatic rings. The molecule has 282 valence electrons. The molecule has 51 heavy (non-hydrogen) atoms. The fourth-order valence-electron chi connectivity index (χ4n) is 9.27. The maximum atomic E-state index is 14.4. The molecule has 4 aliphatic carbocycles. The summed E-state index contributed by atoms with van der Waals surface area (Å²) in [5.74, 6) is -4.73. The largest absolute Gasteiger partial charge is 0.459 e. The van der Waals surface area contributed by atoms with Gasteiger partial charge in [-0.25, -0.2) is 9.59 Å². The molecule has 1 saturated heterocycles. The molecule has 4 fully saturated rings. The van der Waals surface area contributed by atoms with Gasteiger partial charge in [-0.15, -0.1) is 0 Å². The summed E-state index contributed by atoms with van der Waals surface area (Å²) in [4.78, 5) is 53.5. The first-order valence-electron chi connectivity index (χ1n) is 17.4. The smallest absolute Gasteiger partial charge is 0.407 e. The van der Waals surface area contributed by atoms with Crippen LogP contribution in [0.15, 0.2) is 11.1 Å². The van der Waals surface area contributed by atoms with Crippen molar-refractivity contribution in [1.82, 2.24) is 5.32 Å². The van der Waals surface area contributed by atoms with Crippen molar-refractivity contribution >= 4 is 23.8 Å². The van der Waals surface area contributed by atoms with Crippen molar-refractivity contribution in [1.29, 1.82) is 0 Å². The fourth-order valence-corrected chi connectivity index (χ4v) is 9.27. The fraction of sp³-hybridized carbons (Fsp3) is 0.829. The Labute approximate surface area is 370 Å². The minimum absolute atomic E-state index is 0. The van der Waals surface area contributed by atoms with E-state index in [1.165, 1.54) is 13.8 Å². The van der Waals surface area contributed by atoms with Crippen molar-refractivity contribution in [2.75, 3.05) is 6.61 Å². The zero-order valence-corrected chi connectivity index (χ0v) is 40.1. The van der Waals surface area contributed by atoms with E-state index in [1.54, 1.807) is 27.7 Å². The van der Waals surface area contributed by atoms with Crippen LogP contribution < -0.4 is 5.32 Å². The second-order valence-corrected chi connectivity index (χ2v) is 15.9. The maximum absolute atomic E-state index is 14.4. The molecular formula is C35H53Ac2NO13. The maximum Gasteiger partial charge on any atom is 0.407 e. The molecule has 1 heterocycles. The van der Waals surface area contributed by atoms with Gasteiger partial charge < -0.3 is 49.8 Å². The third kappa shape index (κ3) is 7.83. The second-order valence-electron chi connectivity index (χ2n) is 15.9. The summed E-state index contributed by atoms with van der Waals surface area (Å²) in [6.07, 6.45) is -6.37. The number of esters is 2. The van der Waals surface area contributed by atoms with Crippen LogP contribution in [0.2, 0.25) is 0 Å². The van der Waals surface area contributed by atoms with Crippen molar-refractivity contribution < 1.29 is 152 Å². The number of ether oxygens (including phenoxy) is 4. The van der Waals surface area contributed by atoms with E-state index < -0.39 is 107 Å². The molecule has 0 aromatic rings. The van der Waals surface area contributed by atoms with Crippen molar-refractivity contribution in [2.45, 2.75) is 153 Å². The number of fused-ring (bicyclic) bond motifs is 5. The Bertz CT molecular complexity index is 1380. The number of hydrogen-bond acceptors (Lipinski definition) is 13. The number of nitrogens with one attached hydrogen (secondary N) is 1. The number of aliphatic hydroxyl groups excluding tert-OH is 3. The standard InChI is InChI=1S/C35H53NO13.2Ac/c1-16(2)24(36-31(43)48-19-11-9-8-10-12-19)26(40)30(42)49-20-14-35(45)29(47-18(4)37)27-33(7,21(38)13-22-34(27,44)15-46-22)28(41)25(39)23(17(20)3)32(35,5)6;;/h16,19-22,24-27,29,38-40,44-45H,8-15H2,1-7H3,(H,36,43);;/t20-,21-,22+,24-,25+,26+,27-,29-,33+,34-,35+;;/m0../s1. The van der Waals surface area contributed by atoms with Crippen LogP contribution in [-0.4, -0.2) is 116 Å². The average Bonchev–Trinajstić information content (AvgIpc) is 3.02. The van der Waals surface area contributed by atoms with E-state index in [4.69, 9.17) is 18.9 Å². The summed E-state index contributed by atoms with van der Waals surface area (Å²) in [5, 5.41) is 61.8. The SMILES string of the molecule is CC(=O)O[C@H]1[C@@H]2[C@]3(O)CO[C@@H]3C[C@H](O)[C@@]2(C)C(=O)[C@H](O)C2=C(C)[C@@H](OC(=O)[C@H](O)[C@@H](NC(=O)OC3CCCCC3)C(C)C)C[C@]1(O)C2(C)C.[Ac].[Ac]. The third-order valence-corrected chi connectivity index (χ3v) is 12.3. The molecule has 2 radical (unpaired) electrons. The second kappa shape index (κ2) is 16.8. The van der Waals surface area contributed by atoms with Crippen LogP contribution in [0.5, 0.6) is 0 Å². The van der Waals surface area contributed by atoms with E-state index in [0.717, 1.165) is 39.0 Å². The van der Waals surface area contributed by atoms with Gasteiger partial charge in [-0.1, -0.05) is 34.1 Å². The molecule has 1 amide bonds. The van der Waals surface area contributed by atoms with Gasteiger partial charge in [-0.3, -0.25) is 9.59 Å². The first kappa shape index (κ1) is 45.7. The van der Waals surface area contributed by atoms with E-state index in [9.17, 15) is 44.7 Å². The predicted molar refractivity (Wildman–Crippen MR) is 171 cm³/mol. The minimum atomic E-state index is -2.20. The molecule has 14 nitrogen and oxygen atoms in total. The molecule has 16 heteroatoms. The average molecular weight is 1150 g/mol. The van der Waals surface area contributed by atoms with Crippen LogP contribution in [-0.2, 0) is 33.3 Å². The summed E-state index contributed by atoms with van der Waals surface area (Å²) in [6, 6.07) is -1.11. The van der Waals surface area contributed by atoms with Gasteiger partial charge in [0, 0.05) is 119 Å². The normalized spacial score (nSPS) is 38.5. The van der Waals surface area contributed by atoms with Crippen LogP contribution in [0.1, 0.15) is 93.4 Å². The van der Waals surface area contributed by atoms with Gasteiger partial charge in [0.1, 0.15) is 35.6 Å². The van der Waals surface area contributed by atoms with Gasteiger partial charge in [-0.05, 0) is 56.6 Å². The molecule has 2 bridgehead atoms. The minimum Gasteiger partial charge on any atom is -0.459 e. The first-order chi connectivity index (χ1) is 22.7. The molecule has 0 aromatic carbocycles. The van der Waals surface area contributed by atoms with Crippen LogP contribution in [0.3, 0.4) is 0 Å². The number of aliphatic hydroxyl groups is 5. The van der Waals surface area contributed by atoms with Gasteiger partial charge in [0.15, 0.2) is 11.9 Å². The van der Waals surface area contributed by atoms with E-state index in [1.807, 2.05) is 0 Å². The van der Waals surface area contributed by atoms with Gasteiger partial charge in [-0.2, -0.15) is 0 Å². The van der Waals surface area contributed by atoms with Crippen molar-refractivity contribution in [3.8, 4) is 0 Å². The van der Waals surface area contributed by atoms with E-state index >= 15 is 0 Å². The van der Waals surface area contributed by atoms with Crippen molar-refractivity contribution in [3.05, 3.63) is 11.1 Å². The van der Waals surface area contributed by atoms with Gasteiger partial charge in [0.2, 0.25) is 0 Å². The molecule has 3 saturated carbocycles. The molecule has 0 unspecified atom stereocenters. The Balaban J connectivity index is 0.00000351. The number of carbonyl (C=O) groups is 4. The van der Waals surface area contributed by atoms with Gasteiger partial charge in [0.05, 0.1) is 30.3 Å². The Morgan fingerprint density at radius 1 is 0.980 bits per heavy atom. The summed E-state index contributed by atoms with van der Waals surface area (Å²) in [5.41, 5.74) is -7.22. The van der Waals surface area contributed by atoms with Crippen molar-refractivity contribution in [2.24, 2.45) is 22.7 Å². The summed E-state index contributed by atoms with van der Waals surface area (Å²) in [7, 11) is 0. The number of rotatable bonds is 7. The number of amides is 1. The Hall–Kier alpha value is 0.263. The Kier molecular flexibility index (Phi) is 15.0. The number of alkyl carbamates (subject to hydrolysis) is 1. The van der Waals surface area contributed by atoms with Crippen LogP contribution in [0, 0.1) is 111 Å². The van der Waals surface area contributed by atoms with Crippen LogP contribution in [0.4, 0.5) is 4.79 Å². The van der Waals surface area contributed by atoms with E-state index in [-0.39, 0.29) is 118 Å². The number of Topliss-reactive ketones (excluding diaryl/α,β-unsaturated/α-hetero) is 1. The first-order valence-corrected chi connectivity index (χ1v) is 17.4. The van der Waals surface area contributed by atoms with Gasteiger partial charge in [0.25, 0.3) is 0 Å². The quantitative estimate of drug-likeness (QED) is 0.120. The Morgan fingerprint density at radius 2 is 1.59 bits per heavy atom. The molecule has 0 spiro atoms. The van der Waals surface area contributed by atoms with Crippen molar-refractivity contribution in [3.63, 3.8) is 0 Å². The molecule has 6 N–H and O–H groups in total. The molecular weight excluding hydrogens is 1100 g/mol. The van der Waals surface area contributed by atoms with Crippen LogP contribution >= 0.6 is 0 Å².